The van der Waals surface area contributed by atoms with Crippen molar-refractivity contribution in [3.8, 4) is 0 Å². The van der Waals surface area contributed by atoms with Crippen molar-refractivity contribution < 1.29 is 9.47 Å². The van der Waals surface area contributed by atoms with E-state index in [-0.39, 0.29) is 5.60 Å². The smallest absolute Gasteiger partial charge is 0.0634 e. The lowest BCUT2D eigenvalue weighted by atomic mass is 10.1. The molecule has 0 aliphatic heterocycles. The van der Waals surface area contributed by atoms with E-state index in [1.165, 1.54) is 25.7 Å². The van der Waals surface area contributed by atoms with E-state index in [1.807, 2.05) is 0 Å². The van der Waals surface area contributed by atoms with E-state index in [0.717, 1.165) is 26.1 Å². The molecule has 3 nitrogen and oxygen atoms in total. The van der Waals surface area contributed by atoms with Crippen molar-refractivity contribution in [2.75, 3.05) is 26.8 Å². The highest BCUT2D eigenvalue weighted by atomic mass is 16.5. The van der Waals surface area contributed by atoms with Crippen LogP contribution in [-0.4, -0.2) is 38.5 Å². The number of rotatable bonds is 8. The van der Waals surface area contributed by atoms with Gasteiger partial charge in [-0.3, -0.25) is 0 Å². The first-order chi connectivity index (χ1) is 7.64. The van der Waals surface area contributed by atoms with Crippen molar-refractivity contribution in [3.05, 3.63) is 0 Å². The fourth-order valence-electron chi connectivity index (χ4n) is 1.97. The van der Waals surface area contributed by atoms with E-state index in [0.29, 0.717) is 6.10 Å². The molecule has 1 aliphatic rings. The molecule has 0 amide bonds. The number of methoxy groups -OCH3 is 1. The summed E-state index contributed by atoms with van der Waals surface area (Å²) in [5.41, 5.74) is -0.0146. The van der Waals surface area contributed by atoms with Gasteiger partial charge in [0.25, 0.3) is 0 Å². The maximum Gasteiger partial charge on any atom is 0.0634 e. The Hall–Kier alpha value is -0.120. The Morgan fingerprint density at radius 3 is 2.50 bits per heavy atom. The fraction of sp³-hybridized carbons (Fsp3) is 1.00. The molecule has 1 aliphatic carbocycles. The van der Waals surface area contributed by atoms with Crippen LogP contribution in [0.2, 0.25) is 0 Å². The summed E-state index contributed by atoms with van der Waals surface area (Å²) in [6.07, 6.45) is 6.79. The SMILES string of the molecule is COC(C)(C)CCNCCOC1CCCC1. The zero-order valence-electron chi connectivity index (χ0n) is 11.1. The van der Waals surface area contributed by atoms with Gasteiger partial charge >= 0.3 is 0 Å². The third-order valence-electron chi connectivity index (χ3n) is 3.39. The van der Waals surface area contributed by atoms with Crippen molar-refractivity contribution in [1.82, 2.24) is 5.32 Å². The van der Waals surface area contributed by atoms with Crippen molar-refractivity contribution in [2.45, 2.75) is 57.7 Å². The van der Waals surface area contributed by atoms with Crippen LogP contribution in [0.15, 0.2) is 0 Å². The lowest BCUT2D eigenvalue weighted by molar-refractivity contribution is 0.0146. The van der Waals surface area contributed by atoms with Gasteiger partial charge in [-0.1, -0.05) is 12.8 Å². The Morgan fingerprint density at radius 1 is 1.19 bits per heavy atom. The average Bonchev–Trinajstić information content (AvgIpc) is 2.76. The maximum atomic E-state index is 5.77. The second-order valence-corrected chi connectivity index (χ2v) is 5.24. The molecule has 0 unspecified atom stereocenters. The maximum absolute atomic E-state index is 5.77. The largest absolute Gasteiger partial charge is 0.379 e. The van der Waals surface area contributed by atoms with Gasteiger partial charge in [-0.05, 0) is 39.7 Å². The number of hydrogen-bond donors (Lipinski definition) is 1. The molecule has 96 valence electrons. The molecule has 0 aromatic rings. The molecule has 0 aromatic heterocycles. The Morgan fingerprint density at radius 2 is 1.88 bits per heavy atom. The summed E-state index contributed by atoms with van der Waals surface area (Å²) < 4.78 is 11.1. The van der Waals surface area contributed by atoms with Gasteiger partial charge in [-0.15, -0.1) is 0 Å². The summed E-state index contributed by atoms with van der Waals surface area (Å²) in [7, 11) is 1.77. The molecule has 0 saturated heterocycles. The zero-order valence-corrected chi connectivity index (χ0v) is 11.1. The Labute approximate surface area is 99.9 Å². The van der Waals surface area contributed by atoms with Gasteiger partial charge in [-0.25, -0.2) is 0 Å². The van der Waals surface area contributed by atoms with E-state index in [9.17, 15) is 0 Å². The third kappa shape index (κ3) is 5.83. The topological polar surface area (TPSA) is 30.5 Å². The molecule has 0 aromatic carbocycles. The van der Waals surface area contributed by atoms with Crippen LogP contribution in [0, 0.1) is 0 Å². The second-order valence-electron chi connectivity index (χ2n) is 5.24. The first-order valence-electron chi connectivity index (χ1n) is 6.51. The van der Waals surface area contributed by atoms with E-state index in [4.69, 9.17) is 9.47 Å². The number of nitrogens with one attached hydrogen (secondary N) is 1. The van der Waals surface area contributed by atoms with Crippen LogP contribution in [0.1, 0.15) is 46.0 Å². The summed E-state index contributed by atoms with van der Waals surface area (Å²) in [5, 5.41) is 3.39. The molecule has 0 radical (unpaired) electrons. The first-order valence-corrected chi connectivity index (χ1v) is 6.51. The summed E-state index contributed by atoms with van der Waals surface area (Å²) in [6.45, 7) is 7.02. The second kappa shape index (κ2) is 7.25. The molecule has 0 atom stereocenters. The minimum absolute atomic E-state index is 0.0146. The van der Waals surface area contributed by atoms with Gasteiger partial charge in [0, 0.05) is 13.7 Å². The minimum Gasteiger partial charge on any atom is -0.379 e. The summed E-state index contributed by atoms with van der Waals surface area (Å²) in [4.78, 5) is 0. The van der Waals surface area contributed by atoms with Crippen LogP contribution < -0.4 is 5.32 Å². The van der Waals surface area contributed by atoms with E-state index in [1.54, 1.807) is 7.11 Å². The minimum atomic E-state index is -0.0146. The summed E-state index contributed by atoms with van der Waals surface area (Å²) in [6, 6.07) is 0. The van der Waals surface area contributed by atoms with Gasteiger partial charge in [0.2, 0.25) is 0 Å². The molecule has 1 N–H and O–H groups in total. The average molecular weight is 229 g/mol. The Balaban J connectivity index is 1.88. The van der Waals surface area contributed by atoms with E-state index in [2.05, 4.69) is 19.2 Å². The van der Waals surface area contributed by atoms with Crippen molar-refractivity contribution >= 4 is 0 Å². The molecule has 1 saturated carbocycles. The molecule has 1 fully saturated rings. The molecule has 3 heteroatoms. The Bertz CT molecular complexity index is 177. The summed E-state index contributed by atoms with van der Waals surface area (Å²) >= 11 is 0. The quantitative estimate of drug-likeness (QED) is 0.648. The molecule has 16 heavy (non-hydrogen) atoms. The lowest BCUT2D eigenvalue weighted by Gasteiger charge is -2.22. The van der Waals surface area contributed by atoms with Gasteiger partial charge in [-0.2, -0.15) is 0 Å². The molecular formula is C13H27NO2. The van der Waals surface area contributed by atoms with Crippen molar-refractivity contribution in [3.63, 3.8) is 0 Å². The monoisotopic (exact) mass is 229 g/mol. The highest BCUT2D eigenvalue weighted by Crippen LogP contribution is 2.20. The van der Waals surface area contributed by atoms with Crippen LogP contribution in [0.25, 0.3) is 0 Å². The molecular weight excluding hydrogens is 202 g/mol. The first kappa shape index (κ1) is 13.9. The van der Waals surface area contributed by atoms with Gasteiger partial charge < -0.3 is 14.8 Å². The van der Waals surface area contributed by atoms with Crippen LogP contribution in [-0.2, 0) is 9.47 Å². The molecule has 0 bridgehead atoms. The van der Waals surface area contributed by atoms with Crippen LogP contribution in [0.4, 0.5) is 0 Å². The van der Waals surface area contributed by atoms with Gasteiger partial charge in [0.05, 0.1) is 18.3 Å². The molecule has 1 rings (SSSR count). The fourth-order valence-corrected chi connectivity index (χ4v) is 1.97. The summed E-state index contributed by atoms with van der Waals surface area (Å²) in [5.74, 6) is 0. The van der Waals surface area contributed by atoms with Crippen LogP contribution in [0.3, 0.4) is 0 Å². The third-order valence-corrected chi connectivity index (χ3v) is 3.39. The van der Waals surface area contributed by atoms with Gasteiger partial charge in [0.1, 0.15) is 0 Å². The van der Waals surface area contributed by atoms with E-state index >= 15 is 0 Å². The number of hydrogen-bond acceptors (Lipinski definition) is 3. The zero-order chi connectivity index (χ0) is 11.9. The van der Waals surface area contributed by atoms with Crippen LogP contribution >= 0.6 is 0 Å². The standard InChI is InChI=1S/C13H27NO2/c1-13(2,15-3)8-9-14-10-11-16-12-6-4-5-7-12/h12,14H,4-11H2,1-3H3. The van der Waals surface area contributed by atoms with E-state index < -0.39 is 0 Å². The van der Waals surface area contributed by atoms with Crippen molar-refractivity contribution in [1.29, 1.82) is 0 Å². The lowest BCUT2D eigenvalue weighted by Crippen LogP contribution is -2.30. The normalized spacial score (nSPS) is 18.2. The van der Waals surface area contributed by atoms with Crippen molar-refractivity contribution in [2.24, 2.45) is 0 Å². The number of ether oxygens (including phenoxy) is 2. The molecule has 0 heterocycles. The highest BCUT2D eigenvalue weighted by Gasteiger charge is 2.16. The van der Waals surface area contributed by atoms with Crippen LogP contribution in [0.5, 0.6) is 0 Å². The van der Waals surface area contributed by atoms with Gasteiger partial charge in [0.15, 0.2) is 0 Å². The predicted octanol–water partition coefficient (Wildman–Crippen LogP) is 2.35. The highest BCUT2D eigenvalue weighted by molar-refractivity contribution is 4.69. The molecule has 0 spiro atoms. The Kier molecular flexibility index (Phi) is 6.32. The predicted molar refractivity (Wildman–Crippen MR) is 66.8 cm³/mol.